The molecule has 0 unspecified atom stereocenters. The number of rotatable bonds is 18. The van der Waals surface area contributed by atoms with E-state index in [9.17, 15) is 8.78 Å². The van der Waals surface area contributed by atoms with E-state index >= 15 is 0 Å². The Bertz CT molecular complexity index is 2950. The largest absolute Gasteiger partial charge is 0.497 e. The summed E-state index contributed by atoms with van der Waals surface area (Å²) in [6.07, 6.45) is 11.5. The molecule has 18 heteroatoms. The molecule has 3 N–H and O–H groups in total. The standard InChI is InChI=1S/C25H28F2N6O2.C25H26N6O2/c1-25(26,27)16-28-7-4-8-33(19-9-20(34-2)12-21(10-19)35-3)18-5-6-22-23(11-18)32-24(15-29-22)17-13-30-31-14-17;1-30-15-19(14-29-30)18-8-17-9-20(4-5-24(17)28-13-18)31(16-25-26-6-7-27-25)21-10-22(32-2)12-23(11-21)33-3/h5-6,9-15,28H,4,7-8,16H2,1-3H3,(H,30,31);4-5,8-15H,6-7,16H2,1-3H3,(H,26,27). The van der Waals surface area contributed by atoms with E-state index in [1.54, 1.807) is 57.8 Å². The number of benzene rings is 4. The summed E-state index contributed by atoms with van der Waals surface area (Å²) in [4.78, 5) is 22.9. The number of nitrogens with zero attached hydrogens (tertiary/aromatic N) is 9. The van der Waals surface area contributed by atoms with Crippen molar-refractivity contribution in [3.05, 3.63) is 116 Å². The van der Waals surface area contributed by atoms with Crippen molar-refractivity contribution in [1.82, 2.24) is 45.6 Å². The molecule has 0 bridgehead atoms. The van der Waals surface area contributed by atoms with Gasteiger partial charge in [-0.15, -0.1) is 0 Å². The summed E-state index contributed by atoms with van der Waals surface area (Å²) < 4.78 is 50.1. The molecule has 9 rings (SSSR count). The van der Waals surface area contributed by atoms with Gasteiger partial charge in [0.25, 0.3) is 5.92 Å². The summed E-state index contributed by atoms with van der Waals surface area (Å²) in [6, 6.07) is 25.8. The summed E-state index contributed by atoms with van der Waals surface area (Å²) in [6.45, 7) is 3.82. The van der Waals surface area contributed by atoms with Gasteiger partial charge in [-0.05, 0) is 55.4 Å². The van der Waals surface area contributed by atoms with Gasteiger partial charge in [0.15, 0.2) is 0 Å². The predicted molar refractivity (Wildman–Crippen MR) is 263 cm³/mol. The highest BCUT2D eigenvalue weighted by atomic mass is 19.3. The van der Waals surface area contributed by atoms with Gasteiger partial charge in [-0.3, -0.25) is 24.7 Å². The minimum atomic E-state index is -2.75. The fraction of sp³-hybridized carbons (Fsp3) is 0.280. The van der Waals surface area contributed by atoms with Gasteiger partial charge in [-0.1, -0.05) is 0 Å². The van der Waals surface area contributed by atoms with Gasteiger partial charge in [0, 0.05) is 127 Å². The van der Waals surface area contributed by atoms with Crippen LogP contribution in [0.2, 0.25) is 0 Å². The van der Waals surface area contributed by atoms with Crippen LogP contribution in [0.4, 0.5) is 31.5 Å². The Balaban J connectivity index is 0.000000184. The number of alkyl halides is 2. The number of aryl methyl sites for hydroxylation is 1. The summed E-state index contributed by atoms with van der Waals surface area (Å²) in [5.74, 6) is 0.976. The van der Waals surface area contributed by atoms with E-state index in [1.807, 2.05) is 80.2 Å². The number of nitrogens with one attached hydrogen (secondary N) is 3. The second-order valence-corrected chi connectivity index (χ2v) is 16.2. The number of fused-ring (bicyclic) bond motifs is 2. The van der Waals surface area contributed by atoms with Gasteiger partial charge >= 0.3 is 0 Å². The van der Waals surface area contributed by atoms with E-state index in [-0.39, 0.29) is 6.54 Å². The first-order valence-electron chi connectivity index (χ1n) is 22.0. The van der Waals surface area contributed by atoms with Crippen molar-refractivity contribution >= 4 is 50.5 Å². The summed E-state index contributed by atoms with van der Waals surface area (Å²) >= 11 is 0. The zero-order valence-corrected chi connectivity index (χ0v) is 38.8. The van der Waals surface area contributed by atoms with Crippen LogP contribution in [0.3, 0.4) is 0 Å². The van der Waals surface area contributed by atoms with E-state index in [0.717, 1.165) is 98.7 Å². The quantitative estimate of drug-likeness (QED) is 0.0702. The van der Waals surface area contributed by atoms with Gasteiger partial charge in [-0.2, -0.15) is 10.2 Å². The third kappa shape index (κ3) is 11.6. The lowest BCUT2D eigenvalue weighted by molar-refractivity contribution is 0.0229. The predicted octanol–water partition coefficient (Wildman–Crippen LogP) is 8.60. The molecule has 4 aromatic heterocycles. The number of aromatic nitrogens is 7. The van der Waals surface area contributed by atoms with Crippen molar-refractivity contribution in [3.8, 4) is 45.4 Å². The van der Waals surface area contributed by atoms with Crippen molar-refractivity contribution in [2.24, 2.45) is 12.0 Å². The lowest BCUT2D eigenvalue weighted by atomic mass is 10.1. The molecule has 1 aliphatic heterocycles. The zero-order valence-electron chi connectivity index (χ0n) is 38.8. The van der Waals surface area contributed by atoms with E-state index < -0.39 is 5.92 Å². The molecule has 5 heterocycles. The highest BCUT2D eigenvalue weighted by Crippen LogP contribution is 2.36. The minimum Gasteiger partial charge on any atom is -0.497 e. The summed E-state index contributed by atoms with van der Waals surface area (Å²) in [5, 5.41) is 18.3. The lowest BCUT2D eigenvalue weighted by Gasteiger charge is -2.26. The maximum absolute atomic E-state index is 13.2. The molecule has 0 saturated carbocycles. The molecule has 0 saturated heterocycles. The van der Waals surface area contributed by atoms with Gasteiger partial charge in [0.05, 0.1) is 88.9 Å². The van der Waals surface area contributed by atoms with Crippen molar-refractivity contribution < 1.29 is 27.7 Å². The number of anilines is 4. The fourth-order valence-corrected chi connectivity index (χ4v) is 7.72. The average molecular weight is 925 g/mol. The zero-order chi connectivity index (χ0) is 47.6. The molecule has 0 atom stereocenters. The van der Waals surface area contributed by atoms with Crippen molar-refractivity contribution in [1.29, 1.82) is 0 Å². The van der Waals surface area contributed by atoms with Crippen LogP contribution in [0.15, 0.2) is 121 Å². The minimum absolute atomic E-state index is 0.359. The molecule has 1 aliphatic rings. The number of aliphatic imine (C=N–C) groups is 1. The molecular formula is C50H54F2N12O4. The van der Waals surface area contributed by atoms with Crippen LogP contribution < -0.4 is 39.4 Å². The first kappa shape index (κ1) is 46.7. The van der Waals surface area contributed by atoms with Crippen LogP contribution in [0, 0.1) is 0 Å². The van der Waals surface area contributed by atoms with Gasteiger partial charge in [0.2, 0.25) is 0 Å². The number of hydrogen-bond acceptors (Lipinski definition) is 14. The number of methoxy groups -OCH3 is 4. The second kappa shape index (κ2) is 21.2. The first-order chi connectivity index (χ1) is 33.0. The topological polar surface area (TPSA) is 165 Å². The number of H-pyrrole nitrogens is 1. The molecule has 8 aromatic rings. The average Bonchev–Trinajstić information content (AvgIpc) is 4.18. The highest BCUT2D eigenvalue weighted by Gasteiger charge is 2.21. The van der Waals surface area contributed by atoms with Crippen LogP contribution >= 0.6 is 0 Å². The molecule has 352 valence electrons. The third-order valence-electron chi connectivity index (χ3n) is 11.2. The van der Waals surface area contributed by atoms with Gasteiger partial charge < -0.3 is 39.4 Å². The molecule has 0 amide bonds. The Labute approximate surface area is 393 Å². The Kier molecular flexibility index (Phi) is 14.5. The van der Waals surface area contributed by atoms with Gasteiger partial charge in [0.1, 0.15) is 28.8 Å². The van der Waals surface area contributed by atoms with Crippen LogP contribution in [0.1, 0.15) is 13.3 Å². The smallest absolute Gasteiger partial charge is 0.257 e. The number of amidine groups is 1. The normalized spacial score (nSPS) is 12.3. The van der Waals surface area contributed by atoms with Crippen molar-refractivity contribution in [3.63, 3.8) is 0 Å². The SMILES string of the molecule is COc1cc(OC)cc(N(CC2=NCCN2)c2ccc3ncc(-c4cnn(C)c4)cc3c2)c1.COc1cc(OC)cc(N(CCCNCC(C)(F)F)c2ccc3ncc(-c4cn[nH]c4)nc3c2)c1. The Morgan fingerprint density at radius 3 is 1.97 bits per heavy atom. The number of ether oxygens (including phenoxy) is 4. The Morgan fingerprint density at radius 2 is 1.37 bits per heavy atom. The number of halogens is 2. The molecular weight excluding hydrogens is 871 g/mol. The van der Waals surface area contributed by atoms with E-state index in [0.29, 0.717) is 43.2 Å². The molecule has 0 spiro atoms. The Morgan fingerprint density at radius 1 is 0.706 bits per heavy atom. The number of aromatic amines is 1. The molecule has 0 radical (unpaired) electrons. The van der Waals surface area contributed by atoms with Crippen LogP contribution in [-0.4, -0.2) is 114 Å². The van der Waals surface area contributed by atoms with Crippen molar-refractivity contribution in [2.75, 3.05) is 77.5 Å². The molecule has 16 nitrogen and oxygen atoms in total. The lowest BCUT2D eigenvalue weighted by Crippen LogP contribution is -2.32. The highest BCUT2D eigenvalue weighted by molar-refractivity contribution is 5.93. The summed E-state index contributed by atoms with van der Waals surface area (Å²) in [7, 11) is 8.43. The van der Waals surface area contributed by atoms with Crippen LogP contribution in [0.25, 0.3) is 44.3 Å². The second-order valence-electron chi connectivity index (χ2n) is 16.2. The van der Waals surface area contributed by atoms with Crippen LogP contribution in [0.5, 0.6) is 23.0 Å². The Hall–Kier alpha value is -7.86. The molecule has 0 fully saturated rings. The molecule has 68 heavy (non-hydrogen) atoms. The van der Waals surface area contributed by atoms with E-state index in [4.69, 9.17) is 23.9 Å². The van der Waals surface area contributed by atoms with E-state index in [2.05, 4.69) is 68.9 Å². The monoisotopic (exact) mass is 924 g/mol. The maximum Gasteiger partial charge on any atom is 0.257 e. The molecule has 0 aliphatic carbocycles. The third-order valence-corrected chi connectivity index (χ3v) is 11.2. The van der Waals surface area contributed by atoms with Crippen molar-refractivity contribution in [2.45, 2.75) is 19.3 Å². The number of hydrogen-bond donors (Lipinski definition) is 3. The van der Waals surface area contributed by atoms with E-state index in [1.165, 1.54) is 0 Å². The fourth-order valence-electron chi connectivity index (χ4n) is 7.72. The first-order valence-corrected chi connectivity index (χ1v) is 22.0. The van der Waals surface area contributed by atoms with Crippen LogP contribution in [-0.2, 0) is 7.05 Å². The summed E-state index contributed by atoms with van der Waals surface area (Å²) in [5.41, 5.74) is 9.76. The number of pyridine rings is 1. The maximum atomic E-state index is 13.2. The van der Waals surface area contributed by atoms with Gasteiger partial charge in [-0.25, -0.2) is 13.8 Å². The molecule has 4 aromatic carbocycles.